The average Bonchev–Trinajstić information content (AvgIpc) is 3.74. The maximum absolute atomic E-state index is 11.5. The molecule has 48 heavy (non-hydrogen) atoms. The predicted octanol–water partition coefficient (Wildman–Crippen LogP) is 3.83. The number of phenolic OH excluding ortho intramolecular Hbond substituents is 2. The van der Waals surface area contributed by atoms with Crippen LogP contribution in [-0.2, 0) is 4.79 Å². The minimum Gasteiger partial charge on any atom is -0.508 e. The van der Waals surface area contributed by atoms with Gasteiger partial charge in [-0.3, -0.25) is 13.6 Å². The van der Waals surface area contributed by atoms with Crippen LogP contribution in [0.2, 0.25) is 0 Å². The smallest absolute Gasteiger partial charge is 0.245 e. The van der Waals surface area contributed by atoms with Crippen LogP contribution < -0.4 is 14.8 Å². The van der Waals surface area contributed by atoms with Crippen molar-refractivity contribution >= 4 is 16.9 Å². The standard InChI is InChI=1S/C19H18N4O3.C16H16N4O2/c1-2-18(25)22-8-13(9-22)11-26-19-17-7-20-12-23(17)10-16(21-19)14-3-5-15(24)6-4-14;21-13-3-1-12(2-4-13)14-8-20-10-18-7-15(20)16(19-14)22-9-11-5-17-6-11/h2-7,10,12-13,24H,1,8-9,11H2;1-4,7-8,10-11,17,21H,5-6,9H2. The summed E-state index contributed by atoms with van der Waals surface area (Å²) in [4.78, 5) is 30.8. The first-order chi connectivity index (χ1) is 23.4. The summed E-state index contributed by atoms with van der Waals surface area (Å²) < 4.78 is 15.6. The van der Waals surface area contributed by atoms with Crippen molar-refractivity contribution in [1.82, 2.24) is 39.0 Å². The summed E-state index contributed by atoms with van der Waals surface area (Å²) in [6.45, 7) is 7.95. The van der Waals surface area contributed by atoms with E-state index < -0.39 is 0 Å². The van der Waals surface area contributed by atoms with Gasteiger partial charge in [0.05, 0.1) is 49.6 Å². The van der Waals surface area contributed by atoms with Gasteiger partial charge in [-0.1, -0.05) is 6.58 Å². The van der Waals surface area contributed by atoms with Gasteiger partial charge in [0, 0.05) is 61.5 Å². The monoisotopic (exact) mass is 646 g/mol. The molecule has 0 atom stereocenters. The SMILES string of the molecule is C=CC(=O)N1CC(COc2nc(-c3ccc(O)cc3)cn3cncc23)C1.Oc1ccc(-c2cn3cncc3c(OCC3CNC3)n2)cc1. The molecule has 2 saturated heterocycles. The number of amides is 1. The van der Waals surface area contributed by atoms with E-state index >= 15 is 0 Å². The molecule has 0 spiro atoms. The lowest BCUT2D eigenvalue weighted by Crippen LogP contribution is -2.51. The number of aromatic nitrogens is 6. The number of nitrogens with one attached hydrogen (secondary N) is 1. The normalized spacial score (nSPS) is 14.5. The number of rotatable bonds is 9. The van der Waals surface area contributed by atoms with E-state index in [1.807, 2.05) is 33.3 Å². The van der Waals surface area contributed by atoms with Crippen molar-refractivity contribution in [2.75, 3.05) is 39.4 Å². The number of fused-ring (bicyclic) bond motifs is 2. The quantitative estimate of drug-likeness (QED) is 0.198. The van der Waals surface area contributed by atoms with E-state index in [2.05, 4.69) is 31.8 Å². The average molecular weight is 647 g/mol. The number of aromatic hydroxyl groups is 2. The highest BCUT2D eigenvalue weighted by atomic mass is 16.5. The van der Waals surface area contributed by atoms with E-state index in [-0.39, 0.29) is 23.3 Å². The number of benzene rings is 2. The highest BCUT2D eigenvalue weighted by Gasteiger charge is 2.30. The number of likely N-dealkylation sites (tertiary alicyclic amines) is 1. The van der Waals surface area contributed by atoms with Gasteiger partial charge in [0.25, 0.3) is 0 Å². The Hall–Kier alpha value is -5.95. The largest absolute Gasteiger partial charge is 0.508 e. The van der Waals surface area contributed by atoms with Crippen molar-refractivity contribution in [3.05, 3.63) is 98.6 Å². The summed E-state index contributed by atoms with van der Waals surface area (Å²) in [6.07, 6.45) is 12.0. The highest BCUT2D eigenvalue weighted by molar-refractivity contribution is 5.87. The summed E-state index contributed by atoms with van der Waals surface area (Å²) in [7, 11) is 0. The Balaban J connectivity index is 0.000000154. The number of hydrogen-bond donors (Lipinski definition) is 3. The Kier molecular flexibility index (Phi) is 8.58. The van der Waals surface area contributed by atoms with Gasteiger partial charge in [0.15, 0.2) is 0 Å². The molecule has 3 N–H and O–H groups in total. The first-order valence-electron chi connectivity index (χ1n) is 15.6. The second-order valence-electron chi connectivity index (χ2n) is 11.8. The lowest BCUT2D eigenvalue weighted by atomic mass is 10.0. The number of carbonyl (C=O) groups excluding carboxylic acids is 1. The lowest BCUT2D eigenvalue weighted by Gasteiger charge is -2.38. The van der Waals surface area contributed by atoms with Gasteiger partial charge in [-0.2, -0.15) is 0 Å². The summed E-state index contributed by atoms with van der Waals surface area (Å²) >= 11 is 0. The summed E-state index contributed by atoms with van der Waals surface area (Å²) in [5, 5.41) is 22.1. The number of imidazole rings is 2. The first-order valence-corrected chi connectivity index (χ1v) is 15.6. The molecule has 13 heteroatoms. The highest BCUT2D eigenvalue weighted by Crippen LogP contribution is 2.28. The lowest BCUT2D eigenvalue weighted by molar-refractivity contribution is -0.132. The van der Waals surface area contributed by atoms with E-state index in [0.717, 1.165) is 46.6 Å². The first kappa shape index (κ1) is 30.7. The molecule has 0 radical (unpaired) electrons. The molecule has 2 aliphatic rings. The molecule has 13 nitrogen and oxygen atoms in total. The number of ether oxygens (including phenoxy) is 2. The second kappa shape index (κ2) is 13.4. The molecule has 2 fully saturated rings. The van der Waals surface area contributed by atoms with Crippen LogP contribution in [-0.4, -0.2) is 89.2 Å². The molecule has 6 heterocycles. The van der Waals surface area contributed by atoms with Crippen molar-refractivity contribution in [3.63, 3.8) is 0 Å². The van der Waals surface area contributed by atoms with E-state index in [1.165, 1.54) is 6.08 Å². The maximum atomic E-state index is 11.5. The van der Waals surface area contributed by atoms with Gasteiger partial charge in [-0.05, 0) is 54.6 Å². The van der Waals surface area contributed by atoms with E-state index in [0.29, 0.717) is 44.0 Å². The van der Waals surface area contributed by atoms with Crippen molar-refractivity contribution in [3.8, 4) is 45.8 Å². The minimum absolute atomic E-state index is 0.0492. The molecular weight excluding hydrogens is 612 g/mol. The van der Waals surface area contributed by atoms with Crippen molar-refractivity contribution in [2.45, 2.75) is 0 Å². The van der Waals surface area contributed by atoms with Gasteiger partial charge in [-0.15, -0.1) is 0 Å². The zero-order valence-electron chi connectivity index (χ0n) is 26.0. The molecule has 6 aromatic rings. The predicted molar refractivity (Wildman–Crippen MR) is 178 cm³/mol. The fourth-order valence-corrected chi connectivity index (χ4v) is 5.40. The molecule has 2 aliphatic heterocycles. The van der Waals surface area contributed by atoms with E-state index in [9.17, 15) is 15.0 Å². The maximum Gasteiger partial charge on any atom is 0.245 e. The zero-order chi connectivity index (χ0) is 33.0. The number of phenols is 2. The molecule has 0 bridgehead atoms. The molecule has 1 amide bonds. The number of carbonyl (C=O) groups is 1. The van der Waals surface area contributed by atoms with Crippen LogP contribution >= 0.6 is 0 Å². The van der Waals surface area contributed by atoms with Gasteiger partial charge >= 0.3 is 0 Å². The zero-order valence-corrected chi connectivity index (χ0v) is 26.0. The number of nitrogens with zero attached hydrogens (tertiary/aromatic N) is 7. The topological polar surface area (TPSA) is 152 Å². The Labute approximate surface area is 275 Å². The Morgan fingerprint density at radius 3 is 1.71 bits per heavy atom. The Morgan fingerprint density at radius 1 is 0.792 bits per heavy atom. The fraction of sp³-hybridized carbons (Fsp3) is 0.229. The van der Waals surface area contributed by atoms with Crippen LogP contribution in [0.25, 0.3) is 33.5 Å². The molecule has 244 valence electrons. The van der Waals surface area contributed by atoms with Gasteiger partial charge in [0.2, 0.25) is 17.7 Å². The molecule has 0 saturated carbocycles. The molecule has 2 aromatic carbocycles. The molecular formula is C35H34N8O5. The number of hydrogen-bond acceptors (Lipinski definition) is 10. The van der Waals surface area contributed by atoms with Crippen LogP contribution in [0, 0.1) is 11.8 Å². The van der Waals surface area contributed by atoms with Gasteiger partial charge in [0.1, 0.15) is 22.5 Å². The van der Waals surface area contributed by atoms with Crippen LogP contribution in [0.5, 0.6) is 23.3 Å². The Morgan fingerprint density at radius 2 is 1.27 bits per heavy atom. The molecule has 0 aliphatic carbocycles. The molecule has 0 unspecified atom stereocenters. The van der Waals surface area contributed by atoms with Gasteiger partial charge < -0.3 is 29.9 Å². The van der Waals surface area contributed by atoms with Gasteiger partial charge in [-0.25, -0.2) is 19.9 Å². The van der Waals surface area contributed by atoms with Crippen LogP contribution in [0.4, 0.5) is 0 Å². The third kappa shape index (κ3) is 6.62. The summed E-state index contributed by atoms with van der Waals surface area (Å²) in [5.74, 6) is 2.31. The van der Waals surface area contributed by atoms with Crippen molar-refractivity contribution < 1.29 is 24.5 Å². The van der Waals surface area contributed by atoms with Crippen molar-refractivity contribution in [2.24, 2.45) is 11.8 Å². The minimum atomic E-state index is -0.0492. The third-order valence-corrected chi connectivity index (χ3v) is 8.28. The summed E-state index contributed by atoms with van der Waals surface area (Å²) in [5.41, 5.74) is 4.94. The molecule has 8 rings (SSSR count). The molecule has 4 aromatic heterocycles. The van der Waals surface area contributed by atoms with E-state index in [1.54, 1.807) is 66.3 Å². The summed E-state index contributed by atoms with van der Waals surface area (Å²) in [6, 6.07) is 13.8. The third-order valence-electron chi connectivity index (χ3n) is 8.28. The van der Waals surface area contributed by atoms with E-state index in [4.69, 9.17) is 9.47 Å². The second-order valence-corrected chi connectivity index (χ2v) is 11.8. The van der Waals surface area contributed by atoms with Crippen LogP contribution in [0.15, 0.2) is 98.6 Å². The fourth-order valence-electron chi connectivity index (χ4n) is 5.40. The Bertz CT molecular complexity index is 2050. The van der Waals surface area contributed by atoms with Crippen LogP contribution in [0.1, 0.15) is 0 Å². The van der Waals surface area contributed by atoms with Crippen molar-refractivity contribution in [1.29, 1.82) is 0 Å². The van der Waals surface area contributed by atoms with Crippen LogP contribution in [0.3, 0.4) is 0 Å².